The van der Waals surface area contributed by atoms with Gasteiger partial charge >= 0.3 is 12.0 Å². The number of carboxylic acid groups (broad SMARTS) is 1. The summed E-state index contributed by atoms with van der Waals surface area (Å²) in [6.07, 6.45) is 4.17. The minimum Gasteiger partial charge on any atom is -0.480 e. The zero-order chi connectivity index (χ0) is 15.5. The zero-order valence-electron chi connectivity index (χ0n) is 12.4. The summed E-state index contributed by atoms with van der Waals surface area (Å²) >= 11 is 0. The second-order valence-electron chi connectivity index (χ2n) is 5.85. The Balaban J connectivity index is 1.94. The Kier molecular flexibility index (Phi) is 4.82. The minimum absolute atomic E-state index is 0.0668. The second kappa shape index (κ2) is 6.43. The highest BCUT2D eigenvalue weighted by Crippen LogP contribution is 2.34. The summed E-state index contributed by atoms with van der Waals surface area (Å²) in [6, 6.07) is -0.339. The Morgan fingerprint density at radius 1 is 1.33 bits per heavy atom. The van der Waals surface area contributed by atoms with E-state index >= 15 is 0 Å². The van der Waals surface area contributed by atoms with E-state index in [1.807, 2.05) is 6.92 Å². The molecular formula is C14H23N3O4. The predicted octanol–water partition coefficient (Wildman–Crippen LogP) is 0.648. The first kappa shape index (κ1) is 15.8. The van der Waals surface area contributed by atoms with E-state index in [1.165, 1.54) is 4.90 Å². The van der Waals surface area contributed by atoms with E-state index in [0.29, 0.717) is 25.9 Å². The third kappa shape index (κ3) is 3.34. The van der Waals surface area contributed by atoms with Gasteiger partial charge < -0.3 is 10.4 Å². The van der Waals surface area contributed by atoms with Crippen molar-refractivity contribution in [1.82, 2.24) is 15.1 Å². The fraction of sp³-hybridized carbons (Fsp3) is 0.786. The molecule has 0 aromatic rings. The zero-order valence-corrected chi connectivity index (χ0v) is 12.4. The summed E-state index contributed by atoms with van der Waals surface area (Å²) in [5, 5.41) is 11.7. The Hall–Kier alpha value is -1.63. The summed E-state index contributed by atoms with van der Waals surface area (Å²) in [6.45, 7) is 3.19. The average Bonchev–Trinajstić information content (AvgIpc) is 2.95. The number of aliphatic carboxylic acids is 1. The number of urea groups is 1. The summed E-state index contributed by atoms with van der Waals surface area (Å²) < 4.78 is 0. The van der Waals surface area contributed by atoms with Gasteiger partial charge in [0.2, 0.25) is 0 Å². The maximum Gasteiger partial charge on any atom is 0.325 e. The number of carbonyl (C=O) groups excluding carboxylic acids is 2. The molecule has 1 spiro atoms. The smallest absolute Gasteiger partial charge is 0.325 e. The predicted molar refractivity (Wildman–Crippen MR) is 75.8 cm³/mol. The van der Waals surface area contributed by atoms with Gasteiger partial charge in [0.15, 0.2) is 0 Å². The fourth-order valence-electron chi connectivity index (χ4n) is 3.22. The van der Waals surface area contributed by atoms with E-state index in [1.54, 1.807) is 4.90 Å². The molecule has 2 rings (SSSR count). The molecule has 7 nitrogen and oxygen atoms in total. The molecule has 7 heteroatoms. The van der Waals surface area contributed by atoms with Crippen LogP contribution in [0.15, 0.2) is 0 Å². The van der Waals surface area contributed by atoms with Gasteiger partial charge in [0.25, 0.3) is 5.91 Å². The molecule has 3 amide bonds. The Morgan fingerprint density at radius 2 is 2.00 bits per heavy atom. The molecule has 2 aliphatic rings. The number of carbonyl (C=O) groups is 3. The van der Waals surface area contributed by atoms with Crippen LogP contribution in [0.5, 0.6) is 0 Å². The number of rotatable bonds is 7. The Morgan fingerprint density at radius 3 is 2.57 bits per heavy atom. The van der Waals surface area contributed by atoms with Crippen LogP contribution < -0.4 is 5.32 Å². The molecule has 1 heterocycles. The van der Waals surface area contributed by atoms with Crippen LogP contribution in [0.4, 0.5) is 4.79 Å². The van der Waals surface area contributed by atoms with Crippen LogP contribution in [0.1, 0.15) is 39.0 Å². The lowest BCUT2D eigenvalue weighted by molar-refractivity contribution is -0.138. The molecule has 2 N–H and O–H groups in total. The molecule has 118 valence electrons. The van der Waals surface area contributed by atoms with Crippen LogP contribution in [0.25, 0.3) is 0 Å². The van der Waals surface area contributed by atoms with Gasteiger partial charge in [-0.1, -0.05) is 19.8 Å². The molecule has 0 atom stereocenters. The monoisotopic (exact) mass is 297 g/mol. The molecule has 1 aliphatic heterocycles. The highest BCUT2D eigenvalue weighted by atomic mass is 16.4. The van der Waals surface area contributed by atoms with Gasteiger partial charge in [0, 0.05) is 13.1 Å². The number of imide groups is 1. The molecule has 2 fully saturated rings. The van der Waals surface area contributed by atoms with Crippen LogP contribution in [-0.4, -0.2) is 64.5 Å². The summed E-state index contributed by atoms with van der Waals surface area (Å²) in [7, 11) is 0. The summed E-state index contributed by atoms with van der Waals surface area (Å²) in [5.74, 6) is -1.04. The fourth-order valence-corrected chi connectivity index (χ4v) is 3.22. The molecule has 1 aliphatic carbocycles. The topological polar surface area (TPSA) is 90.0 Å². The standard InChI is InChI=1S/C14H23N3O4/c1-2-7-16(10-11(18)19)8-9-17-12(20)14(15-13(17)21)5-3-4-6-14/h2-10H2,1H3,(H,15,21)(H,18,19). The van der Waals surface area contributed by atoms with Crippen molar-refractivity contribution in [3.63, 3.8) is 0 Å². The molecule has 0 aromatic heterocycles. The number of amides is 3. The number of carboxylic acids is 1. The van der Waals surface area contributed by atoms with Crippen molar-refractivity contribution in [3.8, 4) is 0 Å². The van der Waals surface area contributed by atoms with Crippen molar-refractivity contribution in [2.45, 2.75) is 44.6 Å². The largest absolute Gasteiger partial charge is 0.480 e. The highest BCUT2D eigenvalue weighted by molar-refractivity contribution is 6.07. The van der Waals surface area contributed by atoms with Crippen LogP contribution in [0, 0.1) is 0 Å². The average molecular weight is 297 g/mol. The Bertz CT molecular complexity index is 432. The van der Waals surface area contributed by atoms with Crippen LogP contribution in [-0.2, 0) is 9.59 Å². The lowest BCUT2D eigenvalue weighted by Gasteiger charge is -2.23. The van der Waals surface area contributed by atoms with E-state index in [4.69, 9.17) is 5.11 Å². The third-order valence-electron chi connectivity index (χ3n) is 4.24. The van der Waals surface area contributed by atoms with Crippen molar-refractivity contribution in [3.05, 3.63) is 0 Å². The number of hydrogen-bond donors (Lipinski definition) is 2. The van der Waals surface area contributed by atoms with Gasteiger partial charge in [-0.25, -0.2) is 4.79 Å². The molecule has 21 heavy (non-hydrogen) atoms. The van der Waals surface area contributed by atoms with Gasteiger partial charge in [-0.2, -0.15) is 0 Å². The first-order valence-corrected chi connectivity index (χ1v) is 7.57. The van der Waals surface area contributed by atoms with Crippen LogP contribution in [0.3, 0.4) is 0 Å². The van der Waals surface area contributed by atoms with E-state index in [9.17, 15) is 14.4 Å². The first-order chi connectivity index (χ1) is 9.98. The van der Waals surface area contributed by atoms with Gasteiger partial charge in [-0.05, 0) is 25.8 Å². The van der Waals surface area contributed by atoms with E-state index in [0.717, 1.165) is 19.3 Å². The van der Waals surface area contributed by atoms with Gasteiger partial charge in [-0.15, -0.1) is 0 Å². The first-order valence-electron chi connectivity index (χ1n) is 7.57. The van der Waals surface area contributed by atoms with Crippen LogP contribution >= 0.6 is 0 Å². The lowest BCUT2D eigenvalue weighted by Crippen LogP contribution is -2.45. The summed E-state index contributed by atoms with van der Waals surface area (Å²) in [4.78, 5) is 38.2. The number of hydrogen-bond acceptors (Lipinski definition) is 4. The molecule has 0 radical (unpaired) electrons. The maximum absolute atomic E-state index is 12.4. The number of nitrogens with one attached hydrogen (secondary N) is 1. The lowest BCUT2D eigenvalue weighted by atomic mass is 9.98. The molecule has 0 bridgehead atoms. The molecule has 1 saturated heterocycles. The normalized spacial score (nSPS) is 20.6. The quantitative estimate of drug-likeness (QED) is 0.673. The molecule has 0 unspecified atom stereocenters. The SMILES string of the molecule is CCCN(CCN1C(=O)NC2(CCCC2)C1=O)CC(=O)O. The Labute approximate surface area is 124 Å². The molecule has 0 aromatic carbocycles. The second-order valence-corrected chi connectivity index (χ2v) is 5.85. The van der Waals surface area contributed by atoms with Gasteiger partial charge in [-0.3, -0.25) is 19.4 Å². The van der Waals surface area contributed by atoms with Crippen LogP contribution in [0.2, 0.25) is 0 Å². The van der Waals surface area contributed by atoms with E-state index < -0.39 is 11.5 Å². The summed E-state index contributed by atoms with van der Waals surface area (Å²) in [5.41, 5.74) is -0.681. The van der Waals surface area contributed by atoms with Gasteiger partial charge in [0.05, 0.1) is 6.54 Å². The van der Waals surface area contributed by atoms with Crippen molar-refractivity contribution in [1.29, 1.82) is 0 Å². The number of nitrogens with zero attached hydrogens (tertiary/aromatic N) is 2. The van der Waals surface area contributed by atoms with Crippen molar-refractivity contribution in [2.75, 3.05) is 26.2 Å². The van der Waals surface area contributed by atoms with E-state index in [-0.39, 0.29) is 25.0 Å². The van der Waals surface area contributed by atoms with Crippen molar-refractivity contribution >= 4 is 17.9 Å². The highest BCUT2D eigenvalue weighted by Gasteiger charge is 2.52. The minimum atomic E-state index is -0.895. The maximum atomic E-state index is 12.4. The van der Waals surface area contributed by atoms with Crippen molar-refractivity contribution < 1.29 is 19.5 Å². The van der Waals surface area contributed by atoms with Gasteiger partial charge in [0.1, 0.15) is 5.54 Å². The molecular weight excluding hydrogens is 274 g/mol. The van der Waals surface area contributed by atoms with E-state index in [2.05, 4.69) is 5.32 Å². The van der Waals surface area contributed by atoms with Crippen molar-refractivity contribution in [2.24, 2.45) is 0 Å². The third-order valence-corrected chi connectivity index (χ3v) is 4.24. The molecule has 1 saturated carbocycles.